The fraction of sp³-hybridized carbons (Fsp3) is 0.423. The predicted molar refractivity (Wildman–Crippen MR) is 128 cm³/mol. The van der Waals surface area contributed by atoms with Crippen LogP contribution in [-0.2, 0) is 0 Å². The van der Waals surface area contributed by atoms with Crippen molar-refractivity contribution in [1.29, 1.82) is 0 Å². The molecule has 3 N–H and O–H groups in total. The molecule has 5 nitrogen and oxygen atoms in total. The molecule has 1 aliphatic heterocycles. The molecular formula is C26H35N3O2. The standard InChI is InChI=1S/C26H35N3O2/c1-5-18(3)20-11-14-29(17-19(6-2)9-12-27)25(15-20)26(30)22-10-13-28-24-8-7-21(31-4)16-23(22)24/h5-10,12-13,16,18,20,25-26,30H,1,11,14-15,17,27H2,2-4H3/b12-9-,19-6+. The van der Waals surface area contributed by atoms with Crippen LogP contribution in [-0.4, -0.2) is 41.2 Å². The molecule has 1 aromatic heterocycles. The molecule has 5 heteroatoms. The molecule has 3 rings (SSSR count). The third kappa shape index (κ3) is 5.17. The molecule has 0 spiro atoms. The van der Waals surface area contributed by atoms with Crippen LogP contribution in [0.2, 0.25) is 0 Å². The second kappa shape index (κ2) is 10.6. The molecule has 0 radical (unpaired) electrons. The zero-order valence-electron chi connectivity index (χ0n) is 18.9. The molecule has 4 atom stereocenters. The minimum Gasteiger partial charge on any atom is -0.497 e. The summed E-state index contributed by atoms with van der Waals surface area (Å²) in [5.41, 5.74) is 8.54. The van der Waals surface area contributed by atoms with E-state index in [0.29, 0.717) is 11.8 Å². The zero-order chi connectivity index (χ0) is 22.4. The smallest absolute Gasteiger partial charge is 0.119 e. The predicted octanol–water partition coefficient (Wildman–Crippen LogP) is 4.60. The van der Waals surface area contributed by atoms with Gasteiger partial charge < -0.3 is 15.6 Å². The van der Waals surface area contributed by atoms with E-state index in [1.807, 2.05) is 43.3 Å². The molecule has 4 unspecified atom stereocenters. The fourth-order valence-corrected chi connectivity index (χ4v) is 4.61. The number of ether oxygens (including phenoxy) is 1. The van der Waals surface area contributed by atoms with E-state index in [2.05, 4.69) is 29.5 Å². The Labute approximate surface area is 185 Å². The maximum absolute atomic E-state index is 11.7. The maximum atomic E-state index is 11.7. The van der Waals surface area contributed by atoms with E-state index >= 15 is 0 Å². The van der Waals surface area contributed by atoms with Gasteiger partial charge in [-0.05, 0) is 85.8 Å². The SMILES string of the molecule is C=CC(C)C1CCN(CC(/C=C\N)=C/C)C(C(O)c2ccnc3ccc(OC)cc23)C1. The topological polar surface area (TPSA) is 71.6 Å². The van der Waals surface area contributed by atoms with E-state index < -0.39 is 6.10 Å². The summed E-state index contributed by atoms with van der Waals surface area (Å²) in [6, 6.07) is 7.72. The van der Waals surface area contributed by atoms with Crippen LogP contribution in [0.1, 0.15) is 38.4 Å². The number of aliphatic hydroxyl groups is 1. The molecule has 0 bridgehead atoms. The number of rotatable bonds is 8. The summed E-state index contributed by atoms with van der Waals surface area (Å²) in [4.78, 5) is 6.87. The Kier molecular flexibility index (Phi) is 7.88. The van der Waals surface area contributed by atoms with Crippen molar-refractivity contribution >= 4 is 10.9 Å². The summed E-state index contributed by atoms with van der Waals surface area (Å²) in [6.45, 7) is 9.92. The summed E-state index contributed by atoms with van der Waals surface area (Å²) >= 11 is 0. The third-order valence-electron chi connectivity index (χ3n) is 6.65. The number of nitrogens with two attached hydrogens (primary N) is 1. The highest BCUT2D eigenvalue weighted by atomic mass is 16.5. The minimum atomic E-state index is -0.641. The number of hydrogen-bond donors (Lipinski definition) is 2. The van der Waals surface area contributed by atoms with Crippen molar-refractivity contribution in [2.24, 2.45) is 17.6 Å². The van der Waals surface area contributed by atoms with Crippen molar-refractivity contribution in [2.75, 3.05) is 20.2 Å². The highest BCUT2D eigenvalue weighted by molar-refractivity contribution is 5.83. The monoisotopic (exact) mass is 421 g/mol. The minimum absolute atomic E-state index is 0.0147. The lowest BCUT2D eigenvalue weighted by atomic mass is 9.79. The van der Waals surface area contributed by atoms with E-state index in [4.69, 9.17) is 10.5 Å². The number of allylic oxidation sites excluding steroid dienone is 2. The van der Waals surface area contributed by atoms with Crippen molar-refractivity contribution in [2.45, 2.75) is 38.8 Å². The van der Waals surface area contributed by atoms with Crippen LogP contribution >= 0.6 is 0 Å². The van der Waals surface area contributed by atoms with Gasteiger partial charge in [-0.15, -0.1) is 6.58 Å². The van der Waals surface area contributed by atoms with Gasteiger partial charge >= 0.3 is 0 Å². The van der Waals surface area contributed by atoms with Gasteiger partial charge in [0.1, 0.15) is 5.75 Å². The molecule has 2 aromatic rings. The first-order valence-electron chi connectivity index (χ1n) is 11.0. The summed E-state index contributed by atoms with van der Waals surface area (Å²) in [6.07, 6.45) is 10.8. The van der Waals surface area contributed by atoms with E-state index in [1.165, 1.54) is 0 Å². The average Bonchev–Trinajstić information content (AvgIpc) is 2.82. The first kappa shape index (κ1) is 23.0. The number of aliphatic hydroxyl groups excluding tert-OH is 1. The van der Waals surface area contributed by atoms with Crippen molar-refractivity contribution < 1.29 is 9.84 Å². The number of pyridine rings is 1. The van der Waals surface area contributed by atoms with Gasteiger partial charge in [0.25, 0.3) is 0 Å². The molecule has 0 amide bonds. The van der Waals surface area contributed by atoms with Gasteiger partial charge in [0.2, 0.25) is 0 Å². The molecule has 1 saturated heterocycles. The number of methoxy groups -OCH3 is 1. The number of benzene rings is 1. The van der Waals surface area contributed by atoms with Gasteiger partial charge in [-0.25, -0.2) is 0 Å². The number of nitrogens with zero attached hydrogens (tertiary/aromatic N) is 2. The maximum Gasteiger partial charge on any atom is 0.119 e. The van der Waals surface area contributed by atoms with Gasteiger partial charge in [-0.1, -0.05) is 19.1 Å². The van der Waals surface area contributed by atoms with Gasteiger partial charge in [-0.3, -0.25) is 9.88 Å². The van der Waals surface area contributed by atoms with Crippen molar-refractivity contribution in [3.8, 4) is 5.75 Å². The van der Waals surface area contributed by atoms with Crippen LogP contribution in [0.3, 0.4) is 0 Å². The Morgan fingerprint density at radius 1 is 1.42 bits per heavy atom. The summed E-state index contributed by atoms with van der Waals surface area (Å²) < 4.78 is 5.42. The third-order valence-corrected chi connectivity index (χ3v) is 6.65. The number of likely N-dealkylation sites (tertiary alicyclic amines) is 1. The van der Waals surface area contributed by atoms with Crippen LogP contribution in [0.25, 0.3) is 10.9 Å². The largest absolute Gasteiger partial charge is 0.497 e. The lowest BCUT2D eigenvalue weighted by Crippen LogP contribution is -2.47. The molecule has 0 saturated carbocycles. The van der Waals surface area contributed by atoms with Crippen molar-refractivity contribution in [3.05, 3.63) is 72.6 Å². The summed E-state index contributed by atoms with van der Waals surface area (Å²) in [5.74, 6) is 1.67. The second-order valence-electron chi connectivity index (χ2n) is 8.37. The lowest BCUT2D eigenvalue weighted by molar-refractivity contribution is 0.00788. The van der Waals surface area contributed by atoms with Gasteiger partial charge in [-0.2, -0.15) is 0 Å². The molecular weight excluding hydrogens is 386 g/mol. The van der Waals surface area contributed by atoms with Crippen LogP contribution in [0.4, 0.5) is 0 Å². The number of piperidine rings is 1. The molecule has 0 aliphatic carbocycles. The van der Waals surface area contributed by atoms with Crippen LogP contribution in [0, 0.1) is 11.8 Å². The van der Waals surface area contributed by atoms with Crippen molar-refractivity contribution in [1.82, 2.24) is 9.88 Å². The summed E-state index contributed by atoms with van der Waals surface area (Å²) in [7, 11) is 1.65. The number of aromatic nitrogens is 1. The average molecular weight is 422 g/mol. The molecule has 1 aliphatic rings. The number of fused-ring (bicyclic) bond motifs is 1. The quantitative estimate of drug-likeness (QED) is 0.481. The Balaban J connectivity index is 1.99. The van der Waals surface area contributed by atoms with E-state index in [0.717, 1.165) is 53.7 Å². The van der Waals surface area contributed by atoms with E-state index in [9.17, 15) is 5.11 Å². The fourth-order valence-electron chi connectivity index (χ4n) is 4.61. The first-order chi connectivity index (χ1) is 15.0. The zero-order valence-corrected chi connectivity index (χ0v) is 18.9. The number of hydrogen-bond acceptors (Lipinski definition) is 5. The van der Waals surface area contributed by atoms with Gasteiger partial charge in [0.05, 0.1) is 18.7 Å². The van der Waals surface area contributed by atoms with E-state index in [-0.39, 0.29) is 6.04 Å². The lowest BCUT2D eigenvalue weighted by Gasteiger charge is -2.43. The molecule has 1 fully saturated rings. The van der Waals surface area contributed by atoms with Gasteiger partial charge in [0.15, 0.2) is 0 Å². The molecule has 2 heterocycles. The Morgan fingerprint density at radius 3 is 2.90 bits per heavy atom. The van der Waals surface area contributed by atoms with Gasteiger partial charge in [0, 0.05) is 24.2 Å². The first-order valence-corrected chi connectivity index (χ1v) is 11.0. The summed E-state index contributed by atoms with van der Waals surface area (Å²) in [5, 5.41) is 12.6. The highest BCUT2D eigenvalue weighted by Gasteiger charge is 2.36. The normalized spacial score (nSPS) is 22.5. The van der Waals surface area contributed by atoms with Crippen LogP contribution in [0.15, 0.2) is 67.0 Å². The van der Waals surface area contributed by atoms with E-state index in [1.54, 1.807) is 19.5 Å². The van der Waals surface area contributed by atoms with Crippen LogP contribution in [0.5, 0.6) is 5.75 Å². The molecule has 166 valence electrons. The Morgan fingerprint density at radius 2 is 2.23 bits per heavy atom. The highest BCUT2D eigenvalue weighted by Crippen LogP contribution is 2.38. The molecule has 31 heavy (non-hydrogen) atoms. The van der Waals surface area contributed by atoms with Crippen molar-refractivity contribution in [3.63, 3.8) is 0 Å². The Bertz CT molecular complexity index is 953. The Hall–Kier alpha value is -2.63. The van der Waals surface area contributed by atoms with Crippen LogP contribution < -0.4 is 10.5 Å². The second-order valence-corrected chi connectivity index (χ2v) is 8.37. The molecule has 1 aromatic carbocycles.